The third-order valence-corrected chi connectivity index (χ3v) is 8.53. The van der Waals surface area contributed by atoms with Crippen molar-refractivity contribution in [3.63, 3.8) is 0 Å². The molecule has 3 heterocycles. The van der Waals surface area contributed by atoms with Gasteiger partial charge in [0.2, 0.25) is 0 Å². The lowest BCUT2D eigenvalue weighted by molar-refractivity contribution is -0.137. The van der Waals surface area contributed by atoms with Crippen molar-refractivity contribution in [1.82, 2.24) is 15.1 Å². The van der Waals surface area contributed by atoms with Crippen LogP contribution in [0.2, 0.25) is 0 Å². The summed E-state index contributed by atoms with van der Waals surface area (Å²) in [5.74, 6) is 0.213. The number of nitrogens with one attached hydrogen (secondary N) is 1. The van der Waals surface area contributed by atoms with Crippen molar-refractivity contribution in [2.45, 2.75) is 43.4 Å². The standard InChI is InChI=1S/C27H26F3N3O2S/c28-27(29,30)18-8-9-21-22(12-18)36-24(23(21)16-6-7-16)26(35)33-14-20(15-33)31-19-10-11-32(13-19)25(34)17-4-2-1-3-5-17/h1-5,8-9,12,16,19-20,31H,6-7,10-11,13-15H2/t19-/m0/s1. The Hall–Kier alpha value is -2.91. The van der Waals surface area contributed by atoms with E-state index in [0.29, 0.717) is 41.3 Å². The number of thiophene rings is 1. The zero-order valence-corrected chi connectivity index (χ0v) is 20.4. The third kappa shape index (κ3) is 4.39. The average molecular weight is 514 g/mol. The molecular weight excluding hydrogens is 487 g/mol. The Kier molecular flexibility index (Phi) is 5.80. The summed E-state index contributed by atoms with van der Waals surface area (Å²) in [5.41, 5.74) is 0.939. The van der Waals surface area contributed by atoms with Gasteiger partial charge in [0.15, 0.2) is 0 Å². The number of halogens is 3. The van der Waals surface area contributed by atoms with E-state index < -0.39 is 11.7 Å². The number of hydrogen-bond donors (Lipinski definition) is 1. The lowest BCUT2D eigenvalue weighted by Gasteiger charge is -2.41. The number of fused-ring (bicyclic) bond motifs is 1. The SMILES string of the molecule is O=C(c1ccccc1)N1CC[C@H](NC2CN(C(=O)c3sc4cc(C(F)(F)F)ccc4c3C3CC3)C2)C1. The minimum absolute atomic E-state index is 0.0383. The Morgan fingerprint density at radius 3 is 2.31 bits per heavy atom. The maximum atomic E-state index is 13.3. The molecule has 5 nitrogen and oxygen atoms in total. The van der Waals surface area contributed by atoms with E-state index in [0.717, 1.165) is 36.3 Å². The third-order valence-electron chi connectivity index (χ3n) is 7.37. The van der Waals surface area contributed by atoms with Crippen molar-refractivity contribution in [2.24, 2.45) is 0 Å². The van der Waals surface area contributed by atoms with Crippen LogP contribution in [0.15, 0.2) is 48.5 Å². The number of alkyl halides is 3. The van der Waals surface area contributed by atoms with Gasteiger partial charge in [-0.25, -0.2) is 0 Å². The van der Waals surface area contributed by atoms with Gasteiger partial charge in [-0.3, -0.25) is 9.59 Å². The molecule has 188 valence electrons. The van der Waals surface area contributed by atoms with Gasteiger partial charge in [-0.15, -0.1) is 11.3 Å². The number of likely N-dealkylation sites (tertiary alicyclic amines) is 2. The quantitative estimate of drug-likeness (QED) is 0.515. The second kappa shape index (κ2) is 8.88. The molecule has 1 N–H and O–H groups in total. The summed E-state index contributed by atoms with van der Waals surface area (Å²) >= 11 is 1.19. The fourth-order valence-corrected chi connectivity index (χ4v) is 6.60. The van der Waals surface area contributed by atoms with Crippen LogP contribution in [0.1, 0.15) is 56.3 Å². The zero-order valence-electron chi connectivity index (χ0n) is 19.6. The van der Waals surface area contributed by atoms with Crippen LogP contribution in [0.5, 0.6) is 0 Å². The average Bonchev–Trinajstić information content (AvgIpc) is 3.44. The highest BCUT2D eigenvalue weighted by atomic mass is 32.1. The lowest BCUT2D eigenvalue weighted by Crippen LogP contribution is -2.62. The van der Waals surface area contributed by atoms with Gasteiger partial charge in [0.1, 0.15) is 0 Å². The molecule has 2 aromatic carbocycles. The minimum Gasteiger partial charge on any atom is -0.337 e. The zero-order chi connectivity index (χ0) is 25.0. The highest BCUT2D eigenvalue weighted by Gasteiger charge is 2.39. The van der Waals surface area contributed by atoms with Crippen molar-refractivity contribution in [2.75, 3.05) is 26.2 Å². The monoisotopic (exact) mass is 513 g/mol. The molecule has 3 aromatic rings. The molecule has 9 heteroatoms. The second-order valence-electron chi connectivity index (χ2n) is 10.0. The van der Waals surface area contributed by atoms with Gasteiger partial charge in [0, 0.05) is 48.5 Å². The molecule has 1 aliphatic carbocycles. The predicted molar refractivity (Wildman–Crippen MR) is 132 cm³/mol. The number of amides is 2. The fourth-order valence-electron chi connectivity index (χ4n) is 5.30. The molecule has 1 aromatic heterocycles. The molecule has 0 unspecified atom stereocenters. The van der Waals surface area contributed by atoms with Gasteiger partial charge < -0.3 is 15.1 Å². The minimum atomic E-state index is -4.40. The molecule has 3 fully saturated rings. The van der Waals surface area contributed by atoms with Crippen LogP contribution < -0.4 is 5.32 Å². The van der Waals surface area contributed by atoms with Crippen molar-refractivity contribution < 1.29 is 22.8 Å². The molecule has 1 saturated carbocycles. The first-order valence-corrected chi connectivity index (χ1v) is 13.1. The summed E-state index contributed by atoms with van der Waals surface area (Å²) in [4.78, 5) is 30.3. The summed E-state index contributed by atoms with van der Waals surface area (Å²) in [5, 5.41) is 4.36. The number of carbonyl (C=O) groups excluding carboxylic acids is 2. The van der Waals surface area contributed by atoms with E-state index in [9.17, 15) is 22.8 Å². The molecule has 1 atom stereocenters. The van der Waals surface area contributed by atoms with Gasteiger partial charge in [-0.1, -0.05) is 24.3 Å². The molecule has 6 rings (SSSR count). The van der Waals surface area contributed by atoms with Crippen molar-refractivity contribution in [3.05, 3.63) is 70.1 Å². The van der Waals surface area contributed by atoms with E-state index in [-0.39, 0.29) is 29.8 Å². The maximum Gasteiger partial charge on any atom is 0.416 e. The van der Waals surface area contributed by atoms with Crippen LogP contribution in [-0.2, 0) is 6.18 Å². The van der Waals surface area contributed by atoms with Crippen LogP contribution >= 0.6 is 11.3 Å². The van der Waals surface area contributed by atoms with E-state index >= 15 is 0 Å². The molecule has 2 amide bonds. The Bertz CT molecular complexity index is 1310. The highest BCUT2D eigenvalue weighted by Crippen LogP contribution is 2.49. The Balaban J connectivity index is 1.09. The van der Waals surface area contributed by atoms with Crippen LogP contribution in [0.4, 0.5) is 13.2 Å². The van der Waals surface area contributed by atoms with Gasteiger partial charge in [0.25, 0.3) is 11.8 Å². The summed E-state index contributed by atoms with van der Waals surface area (Å²) in [7, 11) is 0. The van der Waals surface area contributed by atoms with Gasteiger partial charge in [-0.05, 0) is 60.4 Å². The van der Waals surface area contributed by atoms with Crippen molar-refractivity contribution in [1.29, 1.82) is 0 Å². The molecule has 2 aliphatic heterocycles. The smallest absolute Gasteiger partial charge is 0.337 e. The first kappa shape index (κ1) is 23.5. The maximum absolute atomic E-state index is 13.3. The van der Waals surface area contributed by atoms with Gasteiger partial charge in [0.05, 0.1) is 10.4 Å². The van der Waals surface area contributed by atoms with Crippen molar-refractivity contribution >= 4 is 33.2 Å². The number of carbonyl (C=O) groups is 2. The number of benzene rings is 2. The second-order valence-corrected chi connectivity index (χ2v) is 11.1. The molecular formula is C27H26F3N3O2S. The molecule has 36 heavy (non-hydrogen) atoms. The molecule has 2 saturated heterocycles. The predicted octanol–water partition coefficient (Wildman–Crippen LogP) is 5.13. The first-order chi connectivity index (χ1) is 17.3. The number of rotatable bonds is 5. The van der Waals surface area contributed by atoms with E-state index in [1.54, 1.807) is 4.90 Å². The highest BCUT2D eigenvalue weighted by molar-refractivity contribution is 7.21. The Morgan fingerprint density at radius 1 is 0.889 bits per heavy atom. The number of nitrogens with zero attached hydrogens (tertiary/aromatic N) is 2. The molecule has 0 radical (unpaired) electrons. The first-order valence-electron chi connectivity index (χ1n) is 12.3. The van der Waals surface area contributed by atoms with E-state index in [4.69, 9.17) is 0 Å². The molecule has 0 spiro atoms. The number of hydrogen-bond acceptors (Lipinski definition) is 4. The summed E-state index contributed by atoms with van der Waals surface area (Å²) < 4.78 is 40.2. The van der Waals surface area contributed by atoms with Crippen LogP contribution in [0, 0.1) is 0 Å². The largest absolute Gasteiger partial charge is 0.416 e. The van der Waals surface area contributed by atoms with Gasteiger partial charge in [-0.2, -0.15) is 13.2 Å². The fraction of sp³-hybridized carbons (Fsp3) is 0.407. The molecule has 3 aliphatic rings. The normalized spacial score (nSPS) is 20.7. The van der Waals surface area contributed by atoms with Crippen LogP contribution in [-0.4, -0.2) is 59.9 Å². The summed E-state index contributed by atoms with van der Waals surface area (Å²) in [6.07, 6.45) is -1.60. The summed E-state index contributed by atoms with van der Waals surface area (Å²) in [6, 6.07) is 13.4. The Morgan fingerprint density at radius 2 is 1.61 bits per heavy atom. The molecule has 0 bridgehead atoms. The Labute approximate surface area is 210 Å². The van der Waals surface area contributed by atoms with Crippen LogP contribution in [0.25, 0.3) is 10.1 Å². The lowest BCUT2D eigenvalue weighted by atomic mass is 10.0. The van der Waals surface area contributed by atoms with E-state index in [1.807, 2.05) is 35.2 Å². The topological polar surface area (TPSA) is 52.7 Å². The van der Waals surface area contributed by atoms with Gasteiger partial charge >= 0.3 is 6.18 Å². The van der Waals surface area contributed by atoms with Crippen molar-refractivity contribution in [3.8, 4) is 0 Å². The van der Waals surface area contributed by atoms with Crippen LogP contribution in [0.3, 0.4) is 0 Å². The van der Waals surface area contributed by atoms with E-state index in [2.05, 4.69) is 5.32 Å². The summed E-state index contributed by atoms with van der Waals surface area (Å²) in [6.45, 7) is 2.47. The van der Waals surface area contributed by atoms with E-state index in [1.165, 1.54) is 23.5 Å².